The number of aliphatic carboxylic acids is 1. The summed E-state index contributed by atoms with van der Waals surface area (Å²) in [5.74, 6) is -1.30. The first kappa shape index (κ1) is 14.4. The van der Waals surface area contributed by atoms with Crippen molar-refractivity contribution in [2.24, 2.45) is 11.8 Å². The number of anilines is 1. The number of hydrogen-bond donors (Lipinski definition) is 2. The second kappa shape index (κ2) is 5.53. The van der Waals surface area contributed by atoms with Crippen LogP contribution in [0.15, 0.2) is 18.2 Å². The van der Waals surface area contributed by atoms with Crippen LogP contribution in [0.3, 0.4) is 0 Å². The van der Waals surface area contributed by atoms with Crippen molar-refractivity contribution in [3.05, 3.63) is 23.8 Å². The Labute approximate surface area is 117 Å². The average molecular weight is 277 g/mol. The van der Waals surface area contributed by atoms with Crippen LogP contribution < -0.4 is 10.1 Å². The van der Waals surface area contributed by atoms with Gasteiger partial charge in [-0.25, -0.2) is 0 Å². The molecule has 5 nitrogen and oxygen atoms in total. The maximum Gasteiger partial charge on any atom is 0.307 e. The molecule has 0 spiro atoms. The Hall–Kier alpha value is -2.04. The number of nitrogens with one attached hydrogen (secondary N) is 1. The van der Waals surface area contributed by atoms with Gasteiger partial charge in [0.1, 0.15) is 5.75 Å². The van der Waals surface area contributed by atoms with Gasteiger partial charge in [-0.15, -0.1) is 0 Å². The lowest BCUT2D eigenvalue weighted by molar-refractivity contribution is -0.139. The fraction of sp³-hybridized carbons (Fsp3) is 0.467. The fourth-order valence-corrected chi connectivity index (χ4v) is 2.11. The van der Waals surface area contributed by atoms with Crippen LogP contribution in [0, 0.1) is 18.8 Å². The summed E-state index contributed by atoms with van der Waals surface area (Å²) in [5.41, 5.74) is 1.59. The number of carbonyl (C=O) groups is 2. The summed E-state index contributed by atoms with van der Waals surface area (Å²) in [4.78, 5) is 22.6. The van der Waals surface area contributed by atoms with Crippen molar-refractivity contribution in [1.82, 2.24) is 0 Å². The number of aryl methyl sites for hydroxylation is 1. The van der Waals surface area contributed by atoms with E-state index in [2.05, 4.69) is 5.32 Å². The van der Waals surface area contributed by atoms with Gasteiger partial charge in [0.2, 0.25) is 5.91 Å². The van der Waals surface area contributed by atoms with Crippen molar-refractivity contribution in [1.29, 1.82) is 0 Å². The van der Waals surface area contributed by atoms with E-state index in [-0.39, 0.29) is 12.0 Å². The highest BCUT2D eigenvalue weighted by Crippen LogP contribution is 2.39. The van der Waals surface area contributed by atoms with E-state index < -0.39 is 17.8 Å². The van der Waals surface area contributed by atoms with Crippen LogP contribution in [-0.4, -0.2) is 23.1 Å². The molecule has 0 radical (unpaired) electrons. The van der Waals surface area contributed by atoms with Gasteiger partial charge in [0.15, 0.2) is 0 Å². The highest BCUT2D eigenvalue weighted by Gasteiger charge is 2.48. The molecule has 0 unspecified atom stereocenters. The molecule has 2 N–H and O–H groups in total. The number of carboxylic acid groups (broad SMARTS) is 1. The molecule has 1 saturated carbocycles. The molecule has 1 aromatic carbocycles. The van der Waals surface area contributed by atoms with Gasteiger partial charge in [-0.3, -0.25) is 9.59 Å². The lowest BCUT2D eigenvalue weighted by atomic mass is 10.1. The molecule has 2 atom stereocenters. The van der Waals surface area contributed by atoms with Crippen LogP contribution in [0.25, 0.3) is 0 Å². The number of amides is 1. The quantitative estimate of drug-likeness (QED) is 0.866. The number of rotatable bonds is 5. The highest BCUT2D eigenvalue weighted by atomic mass is 16.5. The number of carboxylic acids is 1. The molecular formula is C15H19NO4. The molecule has 1 aliphatic carbocycles. The summed E-state index contributed by atoms with van der Waals surface area (Å²) in [6.45, 7) is 5.78. The van der Waals surface area contributed by atoms with Crippen LogP contribution >= 0.6 is 0 Å². The van der Waals surface area contributed by atoms with Crippen molar-refractivity contribution in [3.63, 3.8) is 0 Å². The van der Waals surface area contributed by atoms with Gasteiger partial charge in [0.05, 0.1) is 17.9 Å². The third kappa shape index (κ3) is 3.29. The van der Waals surface area contributed by atoms with Crippen molar-refractivity contribution in [2.45, 2.75) is 33.3 Å². The Kier molecular flexibility index (Phi) is 3.97. The number of hydrogen-bond acceptors (Lipinski definition) is 3. The van der Waals surface area contributed by atoms with Gasteiger partial charge < -0.3 is 15.2 Å². The zero-order valence-corrected chi connectivity index (χ0v) is 11.8. The first-order valence-corrected chi connectivity index (χ1v) is 6.69. The van der Waals surface area contributed by atoms with Crippen LogP contribution in [-0.2, 0) is 9.59 Å². The summed E-state index contributed by atoms with van der Waals surface area (Å²) in [5, 5.41) is 11.6. The zero-order chi connectivity index (χ0) is 14.9. The van der Waals surface area contributed by atoms with Gasteiger partial charge in [0, 0.05) is 5.69 Å². The number of ether oxygens (including phenoxy) is 1. The third-order valence-electron chi connectivity index (χ3n) is 3.27. The molecule has 1 amide bonds. The molecule has 0 aliphatic heterocycles. The first-order chi connectivity index (χ1) is 9.38. The predicted octanol–water partition coefficient (Wildman–Crippen LogP) is 2.44. The Balaban J connectivity index is 2.00. The van der Waals surface area contributed by atoms with E-state index in [9.17, 15) is 9.59 Å². The maximum absolute atomic E-state index is 11.9. The molecule has 1 aromatic rings. The Morgan fingerprint density at radius 2 is 2.05 bits per heavy atom. The standard InChI is InChI=1S/C15H19NO4/c1-8(2)20-10-4-5-13(9(3)6-10)16-14(17)11-7-12(11)15(18)19/h4-6,8,11-12H,7H2,1-3H3,(H,16,17)(H,18,19)/t11-,12+/m1/s1. The summed E-state index contributed by atoms with van der Waals surface area (Å²) in [6, 6.07) is 5.44. The molecule has 0 bridgehead atoms. The van der Waals surface area contributed by atoms with Crippen LogP contribution in [0.1, 0.15) is 25.8 Å². The largest absolute Gasteiger partial charge is 0.491 e. The van der Waals surface area contributed by atoms with E-state index in [4.69, 9.17) is 9.84 Å². The highest BCUT2D eigenvalue weighted by molar-refractivity contribution is 5.98. The molecule has 0 heterocycles. The monoisotopic (exact) mass is 277 g/mol. The molecule has 2 rings (SSSR count). The molecule has 1 fully saturated rings. The van der Waals surface area contributed by atoms with Crippen molar-refractivity contribution < 1.29 is 19.4 Å². The summed E-state index contributed by atoms with van der Waals surface area (Å²) in [6.07, 6.45) is 0.520. The number of benzene rings is 1. The fourth-order valence-electron chi connectivity index (χ4n) is 2.11. The molecule has 5 heteroatoms. The molecule has 0 aromatic heterocycles. The lowest BCUT2D eigenvalue weighted by Gasteiger charge is -2.13. The minimum Gasteiger partial charge on any atom is -0.491 e. The molecule has 0 saturated heterocycles. The minimum absolute atomic E-state index is 0.0950. The van der Waals surface area contributed by atoms with Crippen LogP contribution in [0.2, 0.25) is 0 Å². The van der Waals surface area contributed by atoms with E-state index in [0.717, 1.165) is 11.3 Å². The molecule has 1 aliphatic rings. The number of carbonyl (C=O) groups excluding carboxylic acids is 1. The summed E-state index contributed by atoms with van der Waals surface area (Å²) >= 11 is 0. The van der Waals surface area contributed by atoms with E-state index in [0.29, 0.717) is 12.1 Å². The second-order valence-electron chi connectivity index (χ2n) is 5.42. The second-order valence-corrected chi connectivity index (χ2v) is 5.42. The van der Waals surface area contributed by atoms with Crippen LogP contribution in [0.5, 0.6) is 5.75 Å². The topological polar surface area (TPSA) is 75.6 Å². The zero-order valence-electron chi connectivity index (χ0n) is 11.8. The maximum atomic E-state index is 11.9. The summed E-state index contributed by atoms with van der Waals surface area (Å²) < 4.78 is 5.57. The summed E-state index contributed by atoms with van der Waals surface area (Å²) in [7, 11) is 0. The molecule has 108 valence electrons. The van der Waals surface area contributed by atoms with E-state index in [1.54, 1.807) is 12.1 Å². The average Bonchev–Trinajstić information content (AvgIpc) is 3.12. The first-order valence-electron chi connectivity index (χ1n) is 6.69. The van der Waals surface area contributed by atoms with Crippen molar-refractivity contribution in [3.8, 4) is 5.75 Å². The minimum atomic E-state index is -0.900. The molecule has 20 heavy (non-hydrogen) atoms. The van der Waals surface area contributed by atoms with Gasteiger partial charge >= 0.3 is 5.97 Å². The smallest absolute Gasteiger partial charge is 0.307 e. The van der Waals surface area contributed by atoms with E-state index in [1.807, 2.05) is 26.8 Å². The molecular weight excluding hydrogens is 258 g/mol. The van der Waals surface area contributed by atoms with Gasteiger partial charge in [-0.1, -0.05) is 0 Å². The van der Waals surface area contributed by atoms with Crippen molar-refractivity contribution in [2.75, 3.05) is 5.32 Å². The van der Waals surface area contributed by atoms with Gasteiger partial charge in [0.25, 0.3) is 0 Å². The lowest BCUT2D eigenvalue weighted by Crippen LogP contribution is -2.17. The van der Waals surface area contributed by atoms with Crippen molar-refractivity contribution >= 4 is 17.6 Å². The Bertz CT molecular complexity index is 539. The predicted molar refractivity (Wildman–Crippen MR) is 74.8 cm³/mol. The Morgan fingerprint density at radius 3 is 2.55 bits per heavy atom. The van der Waals surface area contributed by atoms with Gasteiger partial charge in [-0.2, -0.15) is 0 Å². The SMILES string of the molecule is Cc1cc(OC(C)C)ccc1NC(=O)[C@@H]1C[C@@H]1C(=O)O. The third-order valence-corrected chi connectivity index (χ3v) is 3.27. The van der Waals surface area contributed by atoms with Crippen LogP contribution in [0.4, 0.5) is 5.69 Å². The Morgan fingerprint density at radius 1 is 1.35 bits per heavy atom. The normalized spacial score (nSPS) is 20.6. The van der Waals surface area contributed by atoms with E-state index in [1.165, 1.54) is 0 Å². The van der Waals surface area contributed by atoms with Gasteiger partial charge in [-0.05, 0) is 51.0 Å². The van der Waals surface area contributed by atoms with E-state index >= 15 is 0 Å².